The highest BCUT2D eigenvalue weighted by atomic mass is 32.1. The van der Waals surface area contributed by atoms with Gasteiger partial charge in [0, 0.05) is 50.7 Å². The maximum atomic E-state index is 14.1. The molecule has 4 aromatic rings. The van der Waals surface area contributed by atoms with E-state index in [1.165, 1.54) is 4.70 Å². The predicted molar refractivity (Wildman–Crippen MR) is 98.7 cm³/mol. The molecule has 4 aromatic heterocycles. The third-order valence-corrected chi connectivity index (χ3v) is 5.98. The monoisotopic (exact) mass is 353 g/mol. The second-order valence-electron chi connectivity index (χ2n) is 6.54. The van der Waals surface area contributed by atoms with Gasteiger partial charge in [-0.2, -0.15) is 4.98 Å². The van der Waals surface area contributed by atoms with Gasteiger partial charge in [0.1, 0.15) is 11.3 Å². The van der Waals surface area contributed by atoms with Gasteiger partial charge >= 0.3 is 0 Å². The maximum absolute atomic E-state index is 14.1. The van der Waals surface area contributed by atoms with E-state index in [9.17, 15) is 4.39 Å². The molecule has 0 unspecified atom stereocenters. The van der Waals surface area contributed by atoms with E-state index >= 15 is 0 Å². The molecule has 5 rings (SSSR count). The van der Waals surface area contributed by atoms with Crippen LogP contribution in [0, 0.1) is 0 Å². The average Bonchev–Trinajstić information content (AvgIpc) is 3.21. The molecule has 1 aliphatic rings. The maximum Gasteiger partial charge on any atom is 0.224 e. The minimum atomic E-state index is -1.09. The van der Waals surface area contributed by atoms with Crippen molar-refractivity contribution < 1.29 is 4.39 Å². The average molecular weight is 353 g/mol. The van der Waals surface area contributed by atoms with Crippen LogP contribution in [0.4, 0.5) is 10.3 Å². The van der Waals surface area contributed by atoms with Crippen LogP contribution >= 0.6 is 11.3 Å². The van der Waals surface area contributed by atoms with Gasteiger partial charge < -0.3 is 10.3 Å². The Labute approximate surface area is 147 Å². The zero-order valence-corrected chi connectivity index (χ0v) is 14.2. The molecule has 0 aromatic carbocycles. The fourth-order valence-corrected chi connectivity index (χ4v) is 4.25. The van der Waals surface area contributed by atoms with Crippen molar-refractivity contribution in [3.63, 3.8) is 0 Å². The molecule has 0 radical (unpaired) electrons. The van der Waals surface area contributed by atoms with Crippen molar-refractivity contribution in [2.45, 2.75) is 24.9 Å². The van der Waals surface area contributed by atoms with Crippen LogP contribution in [0.3, 0.4) is 0 Å². The van der Waals surface area contributed by atoms with Gasteiger partial charge in [0.05, 0.1) is 6.54 Å². The summed E-state index contributed by atoms with van der Waals surface area (Å²) in [6, 6.07) is 4.15. The Morgan fingerprint density at radius 3 is 3.04 bits per heavy atom. The zero-order valence-electron chi connectivity index (χ0n) is 13.4. The molecule has 5 nitrogen and oxygen atoms in total. The van der Waals surface area contributed by atoms with Crippen LogP contribution in [-0.2, 0) is 0 Å². The van der Waals surface area contributed by atoms with E-state index in [1.54, 1.807) is 23.7 Å². The third kappa shape index (κ3) is 2.55. The van der Waals surface area contributed by atoms with E-state index < -0.39 is 5.67 Å². The molecule has 0 amide bonds. The number of anilines is 1. The fourth-order valence-electron chi connectivity index (χ4n) is 3.19. The highest BCUT2D eigenvalue weighted by Gasteiger charge is 2.36. The smallest absolute Gasteiger partial charge is 0.224 e. The first-order valence-electron chi connectivity index (χ1n) is 8.31. The second kappa shape index (κ2) is 5.49. The summed E-state index contributed by atoms with van der Waals surface area (Å²) in [5.41, 5.74) is 0.734. The Hall–Kier alpha value is -2.54. The van der Waals surface area contributed by atoms with Crippen LogP contribution in [0.5, 0.6) is 0 Å². The quantitative estimate of drug-likeness (QED) is 0.565. The first-order chi connectivity index (χ1) is 12.2. The van der Waals surface area contributed by atoms with Gasteiger partial charge in [-0.25, -0.2) is 9.37 Å². The summed E-state index contributed by atoms with van der Waals surface area (Å²) in [6.45, 7) is 0.273. The van der Waals surface area contributed by atoms with Crippen molar-refractivity contribution in [3.8, 4) is 10.4 Å². The molecule has 126 valence electrons. The molecule has 0 bridgehead atoms. The normalized spacial score (nSPS) is 16.2. The van der Waals surface area contributed by atoms with Crippen molar-refractivity contribution in [2.24, 2.45) is 0 Å². The number of nitrogens with zero attached hydrogens (tertiary/aromatic N) is 3. The van der Waals surface area contributed by atoms with Crippen LogP contribution < -0.4 is 5.32 Å². The topological polar surface area (TPSA) is 66.5 Å². The number of alkyl halides is 1. The molecular formula is C18H16FN5S. The predicted octanol–water partition coefficient (Wildman–Crippen LogP) is 4.54. The van der Waals surface area contributed by atoms with Gasteiger partial charge in [-0.15, -0.1) is 11.3 Å². The van der Waals surface area contributed by atoms with Crippen molar-refractivity contribution >= 4 is 38.4 Å². The molecule has 0 saturated heterocycles. The van der Waals surface area contributed by atoms with E-state index in [0.29, 0.717) is 18.8 Å². The number of thiophene rings is 1. The van der Waals surface area contributed by atoms with Crippen LogP contribution in [0.15, 0.2) is 36.9 Å². The largest absolute Gasteiger partial charge is 0.351 e. The molecule has 4 heterocycles. The molecule has 0 aliphatic heterocycles. The Bertz CT molecular complexity index is 1030. The Morgan fingerprint density at radius 2 is 2.24 bits per heavy atom. The fraction of sp³-hybridized carbons (Fsp3) is 0.278. The van der Waals surface area contributed by atoms with Crippen LogP contribution in [0.25, 0.3) is 31.6 Å². The Balaban J connectivity index is 1.46. The van der Waals surface area contributed by atoms with Crippen LogP contribution in [0.1, 0.15) is 19.3 Å². The molecular weight excluding hydrogens is 337 g/mol. The summed E-state index contributed by atoms with van der Waals surface area (Å²) in [4.78, 5) is 17.4. The summed E-state index contributed by atoms with van der Waals surface area (Å²) in [7, 11) is 0. The minimum Gasteiger partial charge on any atom is -0.351 e. The number of rotatable bonds is 4. The first kappa shape index (κ1) is 14.8. The number of halogens is 1. The molecule has 0 atom stereocenters. The number of hydrogen-bond acceptors (Lipinski definition) is 5. The van der Waals surface area contributed by atoms with E-state index in [1.807, 2.05) is 18.5 Å². The van der Waals surface area contributed by atoms with Gasteiger partial charge in [0.2, 0.25) is 5.95 Å². The number of pyridine rings is 1. The number of H-pyrrole nitrogens is 1. The van der Waals surface area contributed by atoms with Gasteiger partial charge in [-0.1, -0.05) is 0 Å². The molecule has 1 fully saturated rings. The van der Waals surface area contributed by atoms with E-state index in [2.05, 4.69) is 31.3 Å². The highest BCUT2D eigenvalue weighted by Crippen LogP contribution is 2.37. The van der Waals surface area contributed by atoms with Crippen molar-refractivity contribution in [1.29, 1.82) is 0 Å². The molecule has 1 saturated carbocycles. The lowest BCUT2D eigenvalue weighted by atomic mass is 9.82. The number of aromatic nitrogens is 4. The van der Waals surface area contributed by atoms with Crippen LogP contribution in [-0.4, -0.2) is 32.1 Å². The zero-order chi connectivity index (χ0) is 16.9. The lowest BCUT2D eigenvalue weighted by Crippen LogP contribution is -2.39. The summed E-state index contributed by atoms with van der Waals surface area (Å²) < 4.78 is 15.3. The first-order valence-corrected chi connectivity index (χ1v) is 9.13. The second-order valence-corrected chi connectivity index (χ2v) is 7.62. The summed E-state index contributed by atoms with van der Waals surface area (Å²) >= 11 is 1.72. The number of nitrogens with one attached hydrogen (secondary N) is 2. The lowest BCUT2D eigenvalue weighted by Gasteiger charge is -2.33. The summed E-state index contributed by atoms with van der Waals surface area (Å²) in [5.74, 6) is 0.463. The standard InChI is InChI=1S/C18H16FN5S/c19-18(3-1-4-18)10-23-17-22-9-13-12(8-21-16(13)24-17)15-6-11-7-20-5-2-14(11)25-15/h2,5-9H,1,3-4,10H2,(H2,21,22,23,24). The van der Waals surface area contributed by atoms with E-state index in [4.69, 9.17) is 0 Å². The molecule has 25 heavy (non-hydrogen) atoms. The molecule has 0 spiro atoms. The van der Waals surface area contributed by atoms with Crippen molar-refractivity contribution in [3.05, 3.63) is 36.9 Å². The number of fused-ring (bicyclic) bond motifs is 2. The van der Waals surface area contributed by atoms with Gasteiger partial charge in [-0.3, -0.25) is 4.98 Å². The van der Waals surface area contributed by atoms with Gasteiger partial charge in [0.15, 0.2) is 0 Å². The number of aromatic amines is 1. The highest BCUT2D eigenvalue weighted by molar-refractivity contribution is 7.22. The van der Waals surface area contributed by atoms with Gasteiger partial charge in [0.25, 0.3) is 0 Å². The summed E-state index contributed by atoms with van der Waals surface area (Å²) in [5, 5.41) is 5.12. The van der Waals surface area contributed by atoms with Crippen molar-refractivity contribution in [2.75, 3.05) is 11.9 Å². The third-order valence-electron chi connectivity index (χ3n) is 4.83. The Morgan fingerprint density at radius 1 is 1.32 bits per heavy atom. The SMILES string of the molecule is FC1(CNc2ncc3c(-c4cc5cnccc5s4)c[nH]c3n2)CCC1. The molecule has 7 heteroatoms. The lowest BCUT2D eigenvalue weighted by molar-refractivity contribution is 0.0782. The molecule has 2 N–H and O–H groups in total. The van der Waals surface area contributed by atoms with E-state index in [0.717, 1.165) is 33.3 Å². The summed E-state index contributed by atoms with van der Waals surface area (Å²) in [6.07, 6.45) is 9.62. The minimum absolute atomic E-state index is 0.273. The Kier molecular flexibility index (Phi) is 3.24. The van der Waals surface area contributed by atoms with Crippen LogP contribution in [0.2, 0.25) is 0 Å². The molecule has 1 aliphatic carbocycles. The number of hydrogen-bond donors (Lipinski definition) is 2. The van der Waals surface area contributed by atoms with Crippen molar-refractivity contribution in [1.82, 2.24) is 19.9 Å². The van der Waals surface area contributed by atoms with Gasteiger partial charge in [-0.05, 0) is 31.4 Å². The van der Waals surface area contributed by atoms with E-state index in [-0.39, 0.29) is 6.54 Å².